The Balaban J connectivity index is 3.32. The van der Waals surface area contributed by atoms with Gasteiger partial charge in [0, 0.05) is 10.0 Å². The van der Waals surface area contributed by atoms with E-state index in [1.807, 2.05) is 0 Å². The zero-order valence-electron chi connectivity index (χ0n) is 6.80. The molecule has 0 saturated carbocycles. The number of aromatic hydroxyl groups is 1. The molecular weight excluding hydrogens is 237 g/mol. The van der Waals surface area contributed by atoms with Crippen molar-refractivity contribution in [1.29, 1.82) is 0 Å². The molecule has 2 nitrogen and oxygen atoms in total. The van der Waals surface area contributed by atoms with Crippen LogP contribution in [0.3, 0.4) is 0 Å². The highest BCUT2D eigenvalue weighted by Gasteiger charge is 2.15. The molecule has 3 N–H and O–H groups in total. The van der Waals surface area contributed by atoms with E-state index in [-0.39, 0.29) is 0 Å². The van der Waals surface area contributed by atoms with Gasteiger partial charge in [-0.3, -0.25) is 0 Å². The van der Waals surface area contributed by atoms with Crippen LogP contribution in [0.15, 0.2) is 29.3 Å². The Bertz CT molecular complexity index is 341. The third kappa shape index (κ3) is 1.89. The van der Waals surface area contributed by atoms with Crippen LogP contribution in [-0.4, -0.2) is 5.11 Å². The molecule has 0 aliphatic heterocycles. The van der Waals surface area contributed by atoms with Gasteiger partial charge in [0.1, 0.15) is 0 Å². The van der Waals surface area contributed by atoms with Crippen molar-refractivity contribution in [2.45, 2.75) is 6.04 Å². The Morgan fingerprint density at radius 3 is 2.77 bits per heavy atom. The largest absolute Gasteiger partial charge is 0.505 e. The SMILES string of the molecule is C=C[C@@H](N)c1c(Br)ccc(F)c1O. The molecule has 1 atom stereocenters. The maximum Gasteiger partial charge on any atom is 0.165 e. The quantitative estimate of drug-likeness (QED) is 0.787. The number of benzene rings is 1. The molecule has 0 fully saturated rings. The zero-order valence-corrected chi connectivity index (χ0v) is 8.38. The summed E-state index contributed by atoms with van der Waals surface area (Å²) in [6.07, 6.45) is 1.43. The molecule has 1 aromatic rings. The van der Waals surface area contributed by atoms with E-state index < -0.39 is 17.6 Å². The summed E-state index contributed by atoms with van der Waals surface area (Å²) in [4.78, 5) is 0. The topological polar surface area (TPSA) is 46.2 Å². The summed E-state index contributed by atoms with van der Waals surface area (Å²) < 4.78 is 13.5. The highest BCUT2D eigenvalue weighted by molar-refractivity contribution is 9.10. The van der Waals surface area contributed by atoms with Crippen LogP contribution in [0.2, 0.25) is 0 Å². The smallest absolute Gasteiger partial charge is 0.165 e. The van der Waals surface area contributed by atoms with Crippen molar-refractivity contribution in [3.8, 4) is 5.75 Å². The van der Waals surface area contributed by atoms with Crippen LogP contribution in [0.25, 0.3) is 0 Å². The van der Waals surface area contributed by atoms with Crippen LogP contribution in [0.5, 0.6) is 5.75 Å². The van der Waals surface area contributed by atoms with Crippen LogP contribution in [0, 0.1) is 5.82 Å². The summed E-state index contributed by atoms with van der Waals surface area (Å²) in [7, 11) is 0. The lowest BCUT2D eigenvalue weighted by atomic mass is 10.1. The fourth-order valence-electron chi connectivity index (χ4n) is 0.992. The van der Waals surface area contributed by atoms with Crippen molar-refractivity contribution in [3.63, 3.8) is 0 Å². The number of rotatable bonds is 2. The third-order valence-electron chi connectivity index (χ3n) is 1.70. The normalized spacial score (nSPS) is 12.5. The lowest BCUT2D eigenvalue weighted by Gasteiger charge is -2.11. The molecule has 0 saturated heterocycles. The average molecular weight is 246 g/mol. The minimum atomic E-state index is -0.685. The predicted octanol–water partition coefficient (Wildman–Crippen LogP) is 2.48. The van der Waals surface area contributed by atoms with Gasteiger partial charge in [0.15, 0.2) is 11.6 Å². The summed E-state index contributed by atoms with van der Waals surface area (Å²) in [5.41, 5.74) is 5.90. The van der Waals surface area contributed by atoms with Crippen LogP contribution in [0.4, 0.5) is 4.39 Å². The summed E-state index contributed by atoms with van der Waals surface area (Å²) in [5, 5.41) is 9.35. The van der Waals surface area contributed by atoms with E-state index in [1.54, 1.807) is 0 Å². The molecule has 0 amide bonds. The first-order chi connectivity index (χ1) is 6.07. The van der Waals surface area contributed by atoms with Crippen molar-refractivity contribution in [2.24, 2.45) is 5.73 Å². The molecule has 0 spiro atoms. The number of hydrogen-bond acceptors (Lipinski definition) is 2. The monoisotopic (exact) mass is 245 g/mol. The number of hydrogen-bond donors (Lipinski definition) is 2. The van der Waals surface area contributed by atoms with Crippen LogP contribution >= 0.6 is 15.9 Å². The van der Waals surface area contributed by atoms with Gasteiger partial charge in [-0.2, -0.15) is 0 Å². The fourth-order valence-corrected chi connectivity index (χ4v) is 1.58. The summed E-state index contributed by atoms with van der Waals surface area (Å²) in [6, 6.07) is 2.08. The van der Waals surface area contributed by atoms with Gasteiger partial charge in [0.25, 0.3) is 0 Å². The van der Waals surface area contributed by atoms with E-state index in [4.69, 9.17) is 5.73 Å². The highest BCUT2D eigenvalue weighted by atomic mass is 79.9. The molecule has 0 heterocycles. The predicted molar refractivity (Wildman–Crippen MR) is 52.9 cm³/mol. The zero-order chi connectivity index (χ0) is 10.0. The Morgan fingerprint density at radius 1 is 1.62 bits per heavy atom. The Labute approximate surface area is 84.0 Å². The molecule has 13 heavy (non-hydrogen) atoms. The minimum Gasteiger partial charge on any atom is -0.505 e. The number of phenolic OH excluding ortho intramolecular Hbond substituents is 1. The first kappa shape index (κ1) is 10.2. The second-order valence-electron chi connectivity index (χ2n) is 2.55. The van der Waals surface area contributed by atoms with Crippen molar-refractivity contribution < 1.29 is 9.50 Å². The molecule has 70 valence electrons. The van der Waals surface area contributed by atoms with Crippen molar-refractivity contribution >= 4 is 15.9 Å². The van der Waals surface area contributed by atoms with Crippen LogP contribution in [0.1, 0.15) is 11.6 Å². The molecule has 1 rings (SSSR count). The Kier molecular flexibility index (Phi) is 3.06. The summed E-state index contributed by atoms with van der Waals surface area (Å²) >= 11 is 3.17. The maximum absolute atomic E-state index is 12.9. The minimum absolute atomic E-state index is 0.315. The first-order valence-corrected chi connectivity index (χ1v) is 4.42. The molecule has 0 radical (unpaired) electrons. The molecular formula is C9H9BrFNO. The van der Waals surface area contributed by atoms with E-state index in [0.717, 1.165) is 0 Å². The third-order valence-corrected chi connectivity index (χ3v) is 2.39. The lowest BCUT2D eigenvalue weighted by molar-refractivity contribution is 0.423. The van der Waals surface area contributed by atoms with Gasteiger partial charge < -0.3 is 10.8 Å². The van der Waals surface area contributed by atoms with Crippen LogP contribution in [-0.2, 0) is 0 Å². The van der Waals surface area contributed by atoms with Gasteiger partial charge in [-0.05, 0) is 12.1 Å². The van der Waals surface area contributed by atoms with E-state index in [1.165, 1.54) is 18.2 Å². The van der Waals surface area contributed by atoms with Gasteiger partial charge in [0.2, 0.25) is 0 Å². The van der Waals surface area contributed by atoms with Gasteiger partial charge in [-0.25, -0.2) is 4.39 Å². The standard InChI is InChI=1S/C9H9BrFNO/c1-2-7(12)8-5(10)3-4-6(11)9(8)13/h2-4,7,13H,1,12H2/t7-/m1/s1. The molecule has 0 unspecified atom stereocenters. The molecule has 0 aromatic heterocycles. The van der Waals surface area contributed by atoms with Crippen molar-refractivity contribution in [2.75, 3.05) is 0 Å². The summed E-state index contributed by atoms with van der Waals surface area (Å²) in [5.74, 6) is -1.11. The first-order valence-electron chi connectivity index (χ1n) is 3.63. The van der Waals surface area contributed by atoms with E-state index in [9.17, 15) is 9.50 Å². The van der Waals surface area contributed by atoms with Gasteiger partial charge >= 0.3 is 0 Å². The van der Waals surface area contributed by atoms with Gasteiger partial charge in [0.05, 0.1) is 6.04 Å². The summed E-state index contributed by atoms with van der Waals surface area (Å²) in [6.45, 7) is 3.47. The van der Waals surface area contributed by atoms with Gasteiger partial charge in [-0.1, -0.05) is 22.0 Å². The van der Waals surface area contributed by atoms with Crippen LogP contribution < -0.4 is 5.73 Å². The van der Waals surface area contributed by atoms with Crippen molar-refractivity contribution in [3.05, 3.63) is 40.6 Å². The Hall–Kier alpha value is -0.870. The lowest BCUT2D eigenvalue weighted by Crippen LogP contribution is -2.08. The van der Waals surface area contributed by atoms with Gasteiger partial charge in [-0.15, -0.1) is 6.58 Å². The number of phenols is 1. The molecule has 0 aliphatic rings. The van der Waals surface area contributed by atoms with Crippen molar-refractivity contribution in [1.82, 2.24) is 0 Å². The molecule has 0 aliphatic carbocycles. The van der Waals surface area contributed by atoms with E-state index >= 15 is 0 Å². The number of nitrogens with two attached hydrogens (primary N) is 1. The average Bonchev–Trinajstić information content (AvgIpc) is 2.12. The number of halogens is 2. The van der Waals surface area contributed by atoms with E-state index in [0.29, 0.717) is 10.0 Å². The second-order valence-corrected chi connectivity index (χ2v) is 3.41. The molecule has 4 heteroatoms. The fraction of sp³-hybridized carbons (Fsp3) is 0.111. The second kappa shape index (κ2) is 3.89. The Morgan fingerprint density at radius 2 is 2.23 bits per heavy atom. The maximum atomic E-state index is 12.9. The van der Waals surface area contributed by atoms with E-state index in [2.05, 4.69) is 22.5 Å². The molecule has 1 aromatic carbocycles. The highest BCUT2D eigenvalue weighted by Crippen LogP contribution is 2.33. The molecule has 0 bridgehead atoms.